The Morgan fingerprint density at radius 2 is 1.66 bits per heavy atom. The molecule has 162 valence electrons. The number of nitrogens with one attached hydrogen (secondary N) is 2. The van der Waals surface area contributed by atoms with E-state index in [0.29, 0.717) is 15.6 Å². The van der Waals surface area contributed by atoms with Gasteiger partial charge in [0.15, 0.2) is 0 Å². The average Bonchev–Trinajstić information content (AvgIpc) is 2.77. The molecule has 0 saturated carbocycles. The SMILES string of the molecule is Cc1ccc(C(=O)Oc2ccc(Br)cc2/C=N/NC(=O)C(=O)Nc2ccc(F)cc2)cc1. The molecule has 3 aromatic carbocycles. The number of nitrogens with zero attached hydrogens (tertiary/aromatic N) is 1. The zero-order valence-electron chi connectivity index (χ0n) is 16.8. The number of amides is 2. The van der Waals surface area contributed by atoms with Crippen LogP contribution >= 0.6 is 15.9 Å². The fraction of sp³-hybridized carbons (Fsp3) is 0.0435. The molecule has 2 N–H and O–H groups in total. The number of esters is 1. The van der Waals surface area contributed by atoms with Crippen molar-refractivity contribution in [2.24, 2.45) is 5.10 Å². The average molecular weight is 498 g/mol. The Balaban J connectivity index is 1.65. The van der Waals surface area contributed by atoms with Crippen molar-refractivity contribution in [2.75, 3.05) is 5.32 Å². The van der Waals surface area contributed by atoms with Gasteiger partial charge in [-0.05, 0) is 61.5 Å². The first-order valence-electron chi connectivity index (χ1n) is 9.30. The van der Waals surface area contributed by atoms with Crippen molar-refractivity contribution < 1.29 is 23.5 Å². The molecule has 0 aliphatic heterocycles. The summed E-state index contributed by atoms with van der Waals surface area (Å²) in [6.07, 6.45) is 1.24. The lowest BCUT2D eigenvalue weighted by Crippen LogP contribution is -2.32. The van der Waals surface area contributed by atoms with Gasteiger partial charge in [-0.3, -0.25) is 9.59 Å². The number of anilines is 1. The molecule has 32 heavy (non-hydrogen) atoms. The molecule has 3 rings (SSSR count). The third-order valence-corrected chi connectivity index (χ3v) is 4.63. The number of hydrogen-bond donors (Lipinski definition) is 2. The van der Waals surface area contributed by atoms with Gasteiger partial charge < -0.3 is 10.1 Å². The third kappa shape index (κ3) is 6.32. The van der Waals surface area contributed by atoms with Crippen LogP contribution in [0.4, 0.5) is 10.1 Å². The number of carbonyl (C=O) groups excluding carboxylic acids is 3. The van der Waals surface area contributed by atoms with E-state index in [0.717, 1.165) is 17.7 Å². The monoisotopic (exact) mass is 497 g/mol. The van der Waals surface area contributed by atoms with E-state index in [9.17, 15) is 18.8 Å². The lowest BCUT2D eigenvalue weighted by molar-refractivity contribution is -0.136. The van der Waals surface area contributed by atoms with Crippen molar-refractivity contribution in [1.82, 2.24) is 5.43 Å². The fourth-order valence-electron chi connectivity index (χ4n) is 2.49. The number of hydrazone groups is 1. The van der Waals surface area contributed by atoms with Crippen LogP contribution < -0.4 is 15.5 Å². The number of aryl methyl sites for hydroxylation is 1. The summed E-state index contributed by atoms with van der Waals surface area (Å²) in [6, 6.07) is 16.7. The molecule has 0 saturated heterocycles. The number of rotatable bonds is 5. The Kier molecular flexibility index (Phi) is 7.45. The standard InChI is InChI=1S/C23H17BrFN3O4/c1-14-2-4-15(5-3-14)23(31)32-20-11-6-17(24)12-16(20)13-26-28-22(30)21(29)27-19-9-7-18(25)8-10-19/h2-13H,1H3,(H,27,29)(H,28,30)/b26-13+. The second-order valence-corrected chi connectivity index (χ2v) is 7.51. The van der Waals surface area contributed by atoms with Crippen molar-refractivity contribution in [3.05, 3.63) is 93.7 Å². The maximum absolute atomic E-state index is 12.9. The lowest BCUT2D eigenvalue weighted by Gasteiger charge is -2.08. The molecule has 7 nitrogen and oxygen atoms in total. The van der Waals surface area contributed by atoms with E-state index in [1.54, 1.807) is 42.5 Å². The van der Waals surface area contributed by atoms with Gasteiger partial charge in [0.25, 0.3) is 0 Å². The summed E-state index contributed by atoms with van der Waals surface area (Å²) >= 11 is 3.32. The predicted molar refractivity (Wildman–Crippen MR) is 121 cm³/mol. The molecule has 0 unspecified atom stereocenters. The smallest absolute Gasteiger partial charge is 0.343 e. The molecule has 0 atom stereocenters. The minimum Gasteiger partial charge on any atom is -0.422 e. The number of ether oxygens (including phenoxy) is 1. The highest BCUT2D eigenvalue weighted by Gasteiger charge is 2.14. The largest absolute Gasteiger partial charge is 0.422 e. The van der Waals surface area contributed by atoms with E-state index in [4.69, 9.17) is 4.74 Å². The molecule has 0 heterocycles. The Bertz CT molecular complexity index is 1180. The third-order valence-electron chi connectivity index (χ3n) is 4.14. The van der Waals surface area contributed by atoms with Crippen LogP contribution in [0, 0.1) is 12.7 Å². The van der Waals surface area contributed by atoms with Gasteiger partial charge >= 0.3 is 17.8 Å². The number of benzene rings is 3. The second-order valence-electron chi connectivity index (χ2n) is 6.60. The van der Waals surface area contributed by atoms with Crippen LogP contribution in [0.5, 0.6) is 5.75 Å². The highest BCUT2D eigenvalue weighted by molar-refractivity contribution is 9.10. The molecular weight excluding hydrogens is 481 g/mol. The van der Waals surface area contributed by atoms with Gasteiger partial charge in [-0.15, -0.1) is 0 Å². The maximum Gasteiger partial charge on any atom is 0.343 e. The topological polar surface area (TPSA) is 96.9 Å². The molecule has 0 fully saturated rings. The van der Waals surface area contributed by atoms with Crippen LogP contribution in [0.15, 0.2) is 76.3 Å². The van der Waals surface area contributed by atoms with Gasteiger partial charge in [-0.25, -0.2) is 14.6 Å². The molecule has 0 bridgehead atoms. The first-order valence-corrected chi connectivity index (χ1v) is 10.1. The summed E-state index contributed by atoms with van der Waals surface area (Å²) in [5.41, 5.74) is 4.13. The normalized spacial score (nSPS) is 10.6. The van der Waals surface area contributed by atoms with Crippen molar-refractivity contribution >= 4 is 45.6 Å². The van der Waals surface area contributed by atoms with Crippen LogP contribution in [-0.2, 0) is 9.59 Å². The molecule has 0 aliphatic carbocycles. The van der Waals surface area contributed by atoms with Crippen LogP contribution in [0.2, 0.25) is 0 Å². The molecular formula is C23H17BrFN3O4. The summed E-state index contributed by atoms with van der Waals surface area (Å²) in [7, 11) is 0. The first-order chi connectivity index (χ1) is 15.3. The zero-order chi connectivity index (χ0) is 23.1. The van der Waals surface area contributed by atoms with Crippen molar-refractivity contribution in [2.45, 2.75) is 6.92 Å². The van der Waals surface area contributed by atoms with Crippen LogP contribution in [-0.4, -0.2) is 24.0 Å². The first kappa shape index (κ1) is 22.8. The Morgan fingerprint density at radius 1 is 0.969 bits per heavy atom. The molecule has 0 spiro atoms. The van der Waals surface area contributed by atoms with E-state index >= 15 is 0 Å². The molecule has 0 aromatic heterocycles. The Morgan fingerprint density at radius 3 is 2.34 bits per heavy atom. The predicted octanol–water partition coefficient (Wildman–Crippen LogP) is 4.20. The summed E-state index contributed by atoms with van der Waals surface area (Å²) in [6.45, 7) is 1.91. The van der Waals surface area contributed by atoms with Crippen molar-refractivity contribution in [3.63, 3.8) is 0 Å². The highest BCUT2D eigenvalue weighted by Crippen LogP contribution is 2.23. The maximum atomic E-state index is 12.9. The quantitative estimate of drug-likeness (QED) is 0.181. The Labute approximate surface area is 191 Å². The molecule has 9 heteroatoms. The van der Waals surface area contributed by atoms with Gasteiger partial charge in [-0.1, -0.05) is 33.6 Å². The molecule has 3 aromatic rings. The summed E-state index contributed by atoms with van der Waals surface area (Å²) in [4.78, 5) is 36.3. The van der Waals surface area contributed by atoms with Crippen LogP contribution in [0.25, 0.3) is 0 Å². The number of halogens is 2. The van der Waals surface area contributed by atoms with Gasteiger partial charge in [0.2, 0.25) is 0 Å². The van der Waals surface area contributed by atoms with E-state index in [2.05, 4.69) is 31.8 Å². The van der Waals surface area contributed by atoms with E-state index in [1.165, 1.54) is 18.3 Å². The van der Waals surface area contributed by atoms with Gasteiger partial charge in [0.1, 0.15) is 11.6 Å². The van der Waals surface area contributed by atoms with Crippen molar-refractivity contribution in [3.8, 4) is 5.75 Å². The minimum absolute atomic E-state index is 0.215. The van der Waals surface area contributed by atoms with E-state index in [1.807, 2.05) is 6.92 Å². The van der Waals surface area contributed by atoms with Crippen molar-refractivity contribution in [1.29, 1.82) is 0 Å². The van der Waals surface area contributed by atoms with Gasteiger partial charge in [-0.2, -0.15) is 5.10 Å². The highest BCUT2D eigenvalue weighted by atomic mass is 79.9. The summed E-state index contributed by atoms with van der Waals surface area (Å²) < 4.78 is 19.1. The zero-order valence-corrected chi connectivity index (χ0v) is 18.4. The summed E-state index contributed by atoms with van der Waals surface area (Å²) in [5.74, 6) is -2.81. The number of hydrogen-bond acceptors (Lipinski definition) is 5. The lowest BCUT2D eigenvalue weighted by atomic mass is 10.1. The Hall–Kier alpha value is -3.85. The molecule has 0 radical (unpaired) electrons. The van der Waals surface area contributed by atoms with Gasteiger partial charge in [0.05, 0.1) is 11.8 Å². The fourth-order valence-corrected chi connectivity index (χ4v) is 2.87. The minimum atomic E-state index is -1.03. The van der Waals surface area contributed by atoms with Crippen LogP contribution in [0.3, 0.4) is 0 Å². The summed E-state index contributed by atoms with van der Waals surface area (Å²) in [5, 5.41) is 6.07. The van der Waals surface area contributed by atoms with Crippen LogP contribution in [0.1, 0.15) is 21.5 Å². The van der Waals surface area contributed by atoms with E-state index < -0.39 is 23.6 Å². The number of carbonyl (C=O) groups is 3. The molecule has 0 aliphatic rings. The molecule has 2 amide bonds. The van der Waals surface area contributed by atoms with E-state index in [-0.39, 0.29) is 11.4 Å². The second kappa shape index (κ2) is 10.5. The van der Waals surface area contributed by atoms with Gasteiger partial charge in [0, 0.05) is 15.7 Å².